The molecule has 0 radical (unpaired) electrons. The maximum absolute atomic E-state index is 11.8. The molecule has 0 bridgehead atoms. The number of esters is 1. The standard InChI is InChI=1S/C32H37Cl2N3O4/c1-2-41-32(39)25-14-15-36-27(19-25)13-10-18-40-17-9-4-3-8-16-37(22-24-11-6-5-7-12-24)23-30(38)26-20-28(33)31(35)29(34)21-26/h5-7,11-12,14-15,19-21,30,38H,2-4,8-9,16-18,22-23,35H2,1H3. The van der Waals surface area contributed by atoms with Gasteiger partial charge in [-0.15, -0.1) is 0 Å². The molecule has 0 spiro atoms. The van der Waals surface area contributed by atoms with Crippen molar-refractivity contribution >= 4 is 34.9 Å². The number of pyridine rings is 1. The van der Waals surface area contributed by atoms with Crippen molar-refractivity contribution in [3.05, 3.63) is 93.2 Å². The van der Waals surface area contributed by atoms with Gasteiger partial charge in [0.1, 0.15) is 12.3 Å². The summed E-state index contributed by atoms with van der Waals surface area (Å²) in [5, 5.41) is 11.6. The van der Waals surface area contributed by atoms with Crippen LogP contribution in [0.25, 0.3) is 0 Å². The summed E-state index contributed by atoms with van der Waals surface area (Å²) in [7, 11) is 0. The van der Waals surface area contributed by atoms with Gasteiger partial charge in [0.2, 0.25) is 0 Å². The van der Waals surface area contributed by atoms with E-state index in [0.717, 1.165) is 38.8 Å². The topological polar surface area (TPSA) is 97.9 Å². The number of benzene rings is 2. The molecule has 1 atom stereocenters. The highest BCUT2D eigenvalue weighted by Crippen LogP contribution is 2.31. The van der Waals surface area contributed by atoms with E-state index in [4.69, 9.17) is 38.4 Å². The van der Waals surface area contributed by atoms with E-state index in [-0.39, 0.29) is 5.97 Å². The van der Waals surface area contributed by atoms with Crippen LogP contribution in [-0.2, 0) is 16.0 Å². The molecule has 2 aromatic carbocycles. The van der Waals surface area contributed by atoms with Gasteiger partial charge in [-0.3, -0.25) is 4.90 Å². The summed E-state index contributed by atoms with van der Waals surface area (Å²) in [6.45, 7) is 5.02. The fourth-order valence-electron chi connectivity index (χ4n) is 4.21. The van der Waals surface area contributed by atoms with E-state index in [0.29, 0.717) is 58.9 Å². The maximum atomic E-state index is 11.8. The Morgan fingerprint density at radius 3 is 2.54 bits per heavy atom. The summed E-state index contributed by atoms with van der Waals surface area (Å²) in [6, 6.07) is 16.8. The molecule has 0 aliphatic carbocycles. The molecule has 0 fully saturated rings. The SMILES string of the molecule is CCOC(=O)c1ccnc(C#CCOCCCCCCN(Cc2ccccc2)CC(O)c2cc(Cl)c(N)c(Cl)c2)c1. The van der Waals surface area contributed by atoms with E-state index in [1.54, 1.807) is 37.4 Å². The number of carbonyl (C=O) groups is 1. The number of rotatable bonds is 15. The summed E-state index contributed by atoms with van der Waals surface area (Å²) < 4.78 is 10.6. The van der Waals surface area contributed by atoms with Gasteiger partial charge in [0.05, 0.1) is 34.0 Å². The molecule has 1 aromatic heterocycles. The van der Waals surface area contributed by atoms with Crippen molar-refractivity contribution in [3.63, 3.8) is 0 Å². The van der Waals surface area contributed by atoms with Crippen molar-refractivity contribution in [1.82, 2.24) is 9.88 Å². The molecular weight excluding hydrogens is 561 g/mol. The zero-order valence-electron chi connectivity index (χ0n) is 23.3. The second-order valence-electron chi connectivity index (χ2n) is 9.55. The molecule has 3 rings (SSSR count). The number of ether oxygens (including phenoxy) is 2. The van der Waals surface area contributed by atoms with Crippen LogP contribution in [0.2, 0.25) is 10.0 Å². The minimum absolute atomic E-state index is 0.299. The van der Waals surface area contributed by atoms with Crippen LogP contribution in [0, 0.1) is 11.8 Å². The van der Waals surface area contributed by atoms with Crippen LogP contribution in [0.3, 0.4) is 0 Å². The highest BCUT2D eigenvalue weighted by molar-refractivity contribution is 6.38. The number of hydrogen-bond acceptors (Lipinski definition) is 7. The Morgan fingerprint density at radius 1 is 1.07 bits per heavy atom. The van der Waals surface area contributed by atoms with E-state index in [9.17, 15) is 9.90 Å². The summed E-state index contributed by atoms with van der Waals surface area (Å²) >= 11 is 12.4. The quantitative estimate of drug-likeness (QED) is 0.0916. The third-order valence-corrected chi connectivity index (χ3v) is 6.97. The molecule has 41 heavy (non-hydrogen) atoms. The average molecular weight is 599 g/mol. The highest BCUT2D eigenvalue weighted by atomic mass is 35.5. The molecule has 0 aliphatic heterocycles. The van der Waals surface area contributed by atoms with Crippen molar-refractivity contribution in [3.8, 4) is 11.8 Å². The smallest absolute Gasteiger partial charge is 0.338 e. The minimum Gasteiger partial charge on any atom is -0.462 e. The van der Waals surface area contributed by atoms with Crippen molar-refractivity contribution in [1.29, 1.82) is 0 Å². The van der Waals surface area contributed by atoms with Gasteiger partial charge in [-0.2, -0.15) is 0 Å². The second-order valence-corrected chi connectivity index (χ2v) is 10.4. The number of aliphatic hydroxyl groups excluding tert-OH is 1. The first-order chi connectivity index (χ1) is 19.9. The molecule has 218 valence electrons. The first kappa shape index (κ1) is 32.4. The second kappa shape index (κ2) is 17.6. The number of nitrogen functional groups attached to an aromatic ring is 1. The lowest BCUT2D eigenvalue weighted by atomic mass is 10.1. The number of aliphatic hydroxyl groups is 1. The van der Waals surface area contributed by atoms with Gasteiger partial charge < -0.3 is 20.3 Å². The molecule has 0 saturated heterocycles. The first-order valence-corrected chi connectivity index (χ1v) is 14.5. The fourth-order valence-corrected chi connectivity index (χ4v) is 4.71. The van der Waals surface area contributed by atoms with Crippen LogP contribution < -0.4 is 5.73 Å². The number of halogens is 2. The minimum atomic E-state index is -0.744. The lowest BCUT2D eigenvalue weighted by Crippen LogP contribution is -2.29. The van der Waals surface area contributed by atoms with Gasteiger partial charge in [-0.25, -0.2) is 9.78 Å². The molecule has 0 aliphatic rings. The van der Waals surface area contributed by atoms with Crippen LogP contribution >= 0.6 is 23.2 Å². The van der Waals surface area contributed by atoms with E-state index >= 15 is 0 Å². The Bertz CT molecular complexity index is 1290. The lowest BCUT2D eigenvalue weighted by Gasteiger charge is -2.26. The third kappa shape index (κ3) is 11.3. The highest BCUT2D eigenvalue weighted by Gasteiger charge is 2.17. The van der Waals surface area contributed by atoms with Crippen molar-refractivity contribution in [2.24, 2.45) is 0 Å². The number of hydrogen-bond donors (Lipinski definition) is 2. The predicted octanol–water partition coefficient (Wildman–Crippen LogP) is 6.31. The number of carbonyl (C=O) groups excluding carboxylic acids is 1. The molecule has 7 nitrogen and oxygen atoms in total. The molecule has 3 aromatic rings. The van der Waals surface area contributed by atoms with Crippen LogP contribution in [0.5, 0.6) is 0 Å². The predicted molar refractivity (Wildman–Crippen MR) is 164 cm³/mol. The van der Waals surface area contributed by atoms with E-state index in [1.165, 1.54) is 5.56 Å². The molecule has 1 heterocycles. The summed E-state index contributed by atoms with van der Waals surface area (Å²) in [5.74, 6) is 5.48. The van der Waals surface area contributed by atoms with Crippen LogP contribution in [0.15, 0.2) is 60.8 Å². The van der Waals surface area contributed by atoms with E-state index in [2.05, 4.69) is 33.9 Å². The van der Waals surface area contributed by atoms with E-state index < -0.39 is 6.10 Å². The number of unbranched alkanes of at least 4 members (excludes halogenated alkanes) is 3. The van der Waals surface area contributed by atoms with Gasteiger partial charge in [-0.1, -0.05) is 72.3 Å². The molecule has 0 saturated carbocycles. The monoisotopic (exact) mass is 597 g/mol. The molecule has 0 amide bonds. The zero-order chi connectivity index (χ0) is 29.5. The Morgan fingerprint density at radius 2 is 1.80 bits per heavy atom. The first-order valence-electron chi connectivity index (χ1n) is 13.8. The number of nitrogens with zero attached hydrogens (tertiary/aromatic N) is 2. The molecule has 9 heteroatoms. The lowest BCUT2D eigenvalue weighted by molar-refractivity contribution is 0.0526. The van der Waals surface area contributed by atoms with Gasteiger partial charge in [0, 0.05) is 25.9 Å². The number of aromatic nitrogens is 1. The molecular formula is C32H37Cl2N3O4. The number of nitrogens with two attached hydrogens (primary N) is 1. The Labute approximate surface area is 252 Å². The third-order valence-electron chi connectivity index (χ3n) is 6.34. The van der Waals surface area contributed by atoms with E-state index in [1.807, 2.05) is 18.2 Å². The summed E-state index contributed by atoms with van der Waals surface area (Å²) in [6.07, 6.45) is 4.79. The number of anilines is 1. The fraction of sp³-hybridized carbons (Fsp3) is 0.375. The van der Waals surface area contributed by atoms with Crippen LogP contribution in [0.4, 0.5) is 5.69 Å². The van der Waals surface area contributed by atoms with Crippen molar-refractivity contribution in [2.45, 2.75) is 45.3 Å². The van der Waals surface area contributed by atoms with Crippen molar-refractivity contribution in [2.75, 3.05) is 38.6 Å². The summed E-state index contributed by atoms with van der Waals surface area (Å²) in [5.41, 5.74) is 8.94. The Balaban J connectivity index is 1.39. The van der Waals surface area contributed by atoms with Gasteiger partial charge in [0.25, 0.3) is 0 Å². The van der Waals surface area contributed by atoms with Crippen molar-refractivity contribution < 1.29 is 19.4 Å². The normalized spacial score (nSPS) is 11.6. The average Bonchev–Trinajstić information content (AvgIpc) is 2.97. The van der Waals surface area contributed by atoms with Gasteiger partial charge >= 0.3 is 5.97 Å². The largest absolute Gasteiger partial charge is 0.462 e. The summed E-state index contributed by atoms with van der Waals surface area (Å²) in [4.78, 5) is 18.2. The zero-order valence-corrected chi connectivity index (χ0v) is 24.8. The molecule has 1 unspecified atom stereocenters. The van der Waals surface area contributed by atoms with Crippen LogP contribution in [-0.4, -0.2) is 53.9 Å². The van der Waals surface area contributed by atoms with Crippen LogP contribution in [0.1, 0.15) is 65.9 Å². The Kier molecular flexibility index (Phi) is 13.9. The Hall–Kier alpha value is -3.12. The molecule has 3 N–H and O–H groups in total. The van der Waals surface area contributed by atoms with Gasteiger partial charge in [-0.05, 0) is 67.6 Å². The maximum Gasteiger partial charge on any atom is 0.338 e. The van der Waals surface area contributed by atoms with Gasteiger partial charge in [0.15, 0.2) is 0 Å².